The second kappa shape index (κ2) is 7.92. The Labute approximate surface area is 163 Å². The summed E-state index contributed by atoms with van der Waals surface area (Å²) in [5.41, 5.74) is 5.03. The molecule has 4 N–H and O–H groups in total. The molecule has 0 spiro atoms. The molecule has 11 nitrogen and oxygen atoms in total. The van der Waals surface area contributed by atoms with E-state index in [1.807, 2.05) is 0 Å². The van der Waals surface area contributed by atoms with Crippen molar-refractivity contribution in [3.63, 3.8) is 0 Å². The van der Waals surface area contributed by atoms with Crippen molar-refractivity contribution in [2.45, 2.75) is 23.9 Å². The molecule has 1 aromatic rings. The number of hydrogen-bond donors (Lipinski definition) is 3. The molecule has 2 fully saturated rings. The van der Waals surface area contributed by atoms with Gasteiger partial charge in [-0.2, -0.15) is 0 Å². The zero-order valence-electron chi connectivity index (χ0n) is 14.7. The van der Waals surface area contributed by atoms with Gasteiger partial charge in [-0.05, 0) is 12.1 Å². The molecule has 0 radical (unpaired) electrons. The highest BCUT2D eigenvalue weighted by molar-refractivity contribution is 8.00. The second-order valence-corrected chi connectivity index (χ2v) is 7.38. The van der Waals surface area contributed by atoms with Crippen LogP contribution in [0.2, 0.25) is 0 Å². The smallest absolute Gasteiger partial charge is 0.326 e. The first kappa shape index (κ1) is 19.7. The van der Waals surface area contributed by atoms with Gasteiger partial charge in [-0.25, -0.2) is 4.79 Å². The number of carbonyl (C=O) groups is 4. The zero-order valence-corrected chi connectivity index (χ0v) is 15.5. The van der Waals surface area contributed by atoms with Crippen molar-refractivity contribution in [1.82, 2.24) is 10.2 Å². The molecule has 0 bridgehead atoms. The molecule has 3 rings (SSSR count). The van der Waals surface area contributed by atoms with E-state index in [2.05, 4.69) is 15.3 Å². The van der Waals surface area contributed by atoms with Gasteiger partial charge in [-0.3, -0.25) is 14.4 Å². The van der Waals surface area contributed by atoms with E-state index < -0.39 is 47.1 Å². The summed E-state index contributed by atoms with van der Waals surface area (Å²) in [6, 6.07) is 0.982. The van der Waals surface area contributed by atoms with Crippen molar-refractivity contribution in [3.05, 3.63) is 24.2 Å². The molecule has 0 aromatic carbocycles. The third-order valence-corrected chi connectivity index (χ3v) is 5.92. The maximum absolute atomic E-state index is 12.6. The summed E-state index contributed by atoms with van der Waals surface area (Å²) in [6.07, 6.45) is 1.22. The molecule has 2 aliphatic rings. The van der Waals surface area contributed by atoms with Crippen LogP contribution in [-0.2, 0) is 24.0 Å². The molecule has 1 aromatic heterocycles. The Bertz CT molecular complexity index is 825. The standard InChI is InChI=1S/C16H18N4O7S/c1-26-19-10(8-3-2-4-27-8)13(22)18-11-14(23)20-12(16(24)25)7(5-9(17)21)6-28-15(11)20/h2-4,7,11-12,15H,5-6H2,1H3,(H2,17,21)(H,18,22)(H,24,25)/b19-10+. The number of amides is 3. The number of β-lactam (4-membered cyclic amide) rings is 1. The van der Waals surface area contributed by atoms with E-state index >= 15 is 0 Å². The van der Waals surface area contributed by atoms with Gasteiger partial charge in [-0.15, -0.1) is 11.8 Å². The van der Waals surface area contributed by atoms with Crippen molar-refractivity contribution >= 4 is 41.2 Å². The third kappa shape index (κ3) is 3.54. The number of primary amides is 1. The molecule has 150 valence electrons. The van der Waals surface area contributed by atoms with Gasteiger partial charge in [0.05, 0.1) is 6.26 Å². The van der Waals surface area contributed by atoms with Crippen LogP contribution in [0, 0.1) is 5.92 Å². The molecule has 0 aliphatic carbocycles. The quantitative estimate of drug-likeness (QED) is 0.292. The molecular weight excluding hydrogens is 392 g/mol. The number of fused-ring (bicyclic) bond motifs is 1. The Kier molecular flexibility index (Phi) is 5.58. The fraction of sp³-hybridized carbons (Fsp3) is 0.438. The molecule has 2 saturated heterocycles. The highest BCUT2D eigenvalue weighted by atomic mass is 32.2. The third-order valence-electron chi connectivity index (χ3n) is 4.46. The number of thioether (sulfide) groups is 1. The van der Waals surface area contributed by atoms with Crippen LogP contribution in [0.15, 0.2) is 28.0 Å². The number of nitrogens with two attached hydrogens (primary N) is 1. The average molecular weight is 410 g/mol. The van der Waals surface area contributed by atoms with Gasteiger partial charge in [0.15, 0.2) is 5.76 Å². The predicted molar refractivity (Wildman–Crippen MR) is 96.0 cm³/mol. The van der Waals surface area contributed by atoms with E-state index in [1.54, 1.807) is 6.07 Å². The molecular formula is C16H18N4O7S. The second-order valence-electron chi connectivity index (χ2n) is 6.23. The van der Waals surface area contributed by atoms with Gasteiger partial charge >= 0.3 is 5.97 Å². The number of nitrogens with one attached hydrogen (secondary N) is 1. The molecule has 3 amide bonds. The number of furan rings is 1. The van der Waals surface area contributed by atoms with E-state index in [1.165, 1.54) is 36.1 Å². The van der Waals surface area contributed by atoms with Crippen LogP contribution < -0.4 is 11.1 Å². The van der Waals surface area contributed by atoms with Gasteiger partial charge in [0.2, 0.25) is 17.5 Å². The van der Waals surface area contributed by atoms with Gasteiger partial charge in [0, 0.05) is 18.1 Å². The normalized spacial score (nSPS) is 26.8. The molecule has 0 saturated carbocycles. The predicted octanol–water partition coefficient (Wildman–Crippen LogP) is -1.03. The lowest BCUT2D eigenvalue weighted by Crippen LogP contribution is -2.76. The minimum atomic E-state index is -1.22. The van der Waals surface area contributed by atoms with Crippen LogP contribution in [0.1, 0.15) is 12.2 Å². The van der Waals surface area contributed by atoms with E-state index in [9.17, 15) is 24.3 Å². The van der Waals surface area contributed by atoms with Crippen molar-refractivity contribution in [2.24, 2.45) is 16.8 Å². The highest BCUT2D eigenvalue weighted by Crippen LogP contribution is 2.41. The average Bonchev–Trinajstić information content (AvgIpc) is 3.17. The molecule has 28 heavy (non-hydrogen) atoms. The maximum atomic E-state index is 12.6. The topological polar surface area (TPSA) is 165 Å². The van der Waals surface area contributed by atoms with E-state index in [0.29, 0.717) is 5.75 Å². The summed E-state index contributed by atoms with van der Waals surface area (Å²) < 4.78 is 5.14. The van der Waals surface area contributed by atoms with Crippen LogP contribution >= 0.6 is 11.8 Å². The van der Waals surface area contributed by atoms with Gasteiger partial charge in [0.25, 0.3) is 5.91 Å². The first-order valence-corrected chi connectivity index (χ1v) is 9.30. The lowest BCUT2D eigenvalue weighted by molar-refractivity contribution is -0.165. The number of carbonyl (C=O) groups excluding carboxylic acids is 3. The Morgan fingerprint density at radius 1 is 1.50 bits per heavy atom. The fourth-order valence-corrected chi connectivity index (χ4v) is 4.81. The Morgan fingerprint density at radius 3 is 2.82 bits per heavy atom. The van der Waals surface area contributed by atoms with E-state index in [-0.39, 0.29) is 17.9 Å². The lowest BCUT2D eigenvalue weighted by Gasteiger charge is -2.54. The van der Waals surface area contributed by atoms with E-state index in [0.717, 1.165) is 0 Å². The summed E-state index contributed by atoms with van der Waals surface area (Å²) in [4.78, 5) is 53.8. The first-order valence-electron chi connectivity index (χ1n) is 8.26. The zero-order chi connectivity index (χ0) is 20.4. The Morgan fingerprint density at radius 2 is 2.25 bits per heavy atom. The number of carboxylic acid groups (broad SMARTS) is 1. The van der Waals surface area contributed by atoms with Crippen LogP contribution in [0.5, 0.6) is 0 Å². The Balaban J connectivity index is 1.74. The maximum Gasteiger partial charge on any atom is 0.326 e. The van der Waals surface area contributed by atoms with Gasteiger partial charge in [0.1, 0.15) is 24.6 Å². The highest BCUT2D eigenvalue weighted by Gasteiger charge is 2.58. The molecule has 4 unspecified atom stereocenters. The van der Waals surface area contributed by atoms with Crippen LogP contribution in [0.4, 0.5) is 0 Å². The van der Waals surface area contributed by atoms with Crippen LogP contribution in [0.25, 0.3) is 0 Å². The number of oxime groups is 1. The van der Waals surface area contributed by atoms with Gasteiger partial charge in [-0.1, -0.05) is 5.16 Å². The number of nitrogens with zero attached hydrogens (tertiary/aromatic N) is 2. The summed E-state index contributed by atoms with van der Waals surface area (Å²) in [7, 11) is 1.26. The molecule has 4 atom stereocenters. The largest absolute Gasteiger partial charge is 0.480 e. The van der Waals surface area contributed by atoms with Crippen molar-refractivity contribution in [1.29, 1.82) is 0 Å². The number of aliphatic carboxylic acids is 1. The Hall–Kier alpha value is -3.02. The van der Waals surface area contributed by atoms with Crippen LogP contribution in [0.3, 0.4) is 0 Å². The van der Waals surface area contributed by atoms with E-state index in [4.69, 9.17) is 10.2 Å². The number of hydrogen-bond acceptors (Lipinski definition) is 8. The summed E-state index contributed by atoms with van der Waals surface area (Å²) >= 11 is 1.29. The summed E-state index contributed by atoms with van der Waals surface area (Å²) in [5.74, 6) is -3.21. The van der Waals surface area contributed by atoms with Gasteiger partial charge < -0.3 is 30.3 Å². The lowest BCUT2D eigenvalue weighted by atomic mass is 9.91. The molecule has 12 heteroatoms. The monoisotopic (exact) mass is 410 g/mol. The van der Waals surface area contributed by atoms with Crippen LogP contribution in [-0.4, -0.2) is 69.7 Å². The van der Waals surface area contributed by atoms with Crippen molar-refractivity contribution in [2.75, 3.05) is 12.9 Å². The number of carboxylic acids is 1. The summed E-state index contributed by atoms with van der Waals surface area (Å²) in [6.45, 7) is 0. The fourth-order valence-electron chi connectivity index (χ4n) is 3.29. The molecule has 2 aliphatic heterocycles. The first-order chi connectivity index (χ1) is 13.3. The minimum Gasteiger partial charge on any atom is -0.480 e. The van der Waals surface area contributed by atoms with Crippen molar-refractivity contribution in [3.8, 4) is 0 Å². The minimum absolute atomic E-state index is 0.138. The summed E-state index contributed by atoms with van der Waals surface area (Å²) in [5, 5.41) is 15.1. The SMILES string of the molecule is CO/N=C(/C(=O)NC1C(=O)N2C1SCC(CC(N)=O)C2C(=O)O)c1ccco1. The van der Waals surface area contributed by atoms with Crippen molar-refractivity contribution < 1.29 is 33.5 Å². The number of rotatable bonds is 7. The molecule has 3 heterocycles.